The van der Waals surface area contributed by atoms with Crippen LogP contribution in [0.1, 0.15) is 13.2 Å². The average molecular weight is 388 g/mol. The minimum atomic E-state index is -3.53. The van der Waals surface area contributed by atoms with E-state index in [9.17, 15) is 23.7 Å². The summed E-state index contributed by atoms with van der Waals surface area (Å²) in [5.41, 5.74) is -1.19. The average Bonchev–Trinajstić information content (AvgIpc) is 3.05. The predicted molar refractivity (Wildman–Crippen MR) is 89.3 cm³/mol. The number of anilines is 1. The molecule has 4 atom stereocenters. The number of aliphatic hydroxyl groups excluding tert-OH is 2. The lowest BCUT2D eigenvalue weighted by Crippen LogP contribution is -2.44. The van der Waals surface area contributed by atoms with Crippen molar-refractivity contribution in [1.82, 2.24) is 24.4 Å². The molecule has 26 heavy (non-hydrogen) atoms. The van der Waals surface area contributed by atoms with Crippen LogP contribution in [0.4, 0.5) is 5.82 Å². The molecule has 2 aromatic rings. The van der Waals surface area contributed by atoms with Gasteiger partial charge in [-0.15, -0.1) is 4.83 Å². The van der Waals surface area contributed by atoms with Crippen LogP contribution >= 0.6 is 0 Å². The lowest BCUT2D eigenvalue weighted by Gasteiger charge is -2.27. The maximum absolute atomic E-state index is 11.4. The second kappa shape index (κ2) is 6.37. The van der Waals surface area contributed by atoms with Gasteiger partial charge in [0.15, 0.2) is 23.2 Å². The fraction of sp³-hybridized carbons (Fsp3) is 0.615. The highest BCUT2D eigenvalue weighted by molar-refractivity contribution is 7.88. The lowest BCUT2D eigenvalue weighted by molar-refractivity contribution is -0.0950. The third-order valence-electron chi connectivity index (χ3n) is 4.15. The Balaban J connectivity index is 2.04. The van der Waals surface area contributed by atoms with E-state index in [-0.39, 0.29) is 17.0 Å². The zero-order chi connectivity index (χ0) is 19.3. The summed E-state index contributed by atoms with van der Waals surface area (Å²) in [6.07, 6.45) is 0.202. The van der Waals surface area contributed by atoms with Gasteiger partial charge < -0.3 is 20.1 Å². The van der Waals surface area contributed by atoms with E-state index in [2.05, 4.69) is 19.8 Å². The van der Waals surface area contributed by atoms with Crippen molar-refractivity contribution in [3.8, 4) is 0 Å². The molecule has 0 bridgehead atoms. The van der Waals surface area contributed by atoms with Gasteiger partial charge in [0.05, 0.1) is 19.2 Å². The second-order valence-electron chi connectivity index (χ2n) is 6.32. The Bertz CT molecular complexity index is 915. The summed E-state index contributed by atoms with van der Waals surface area (Å²) >= 11 is 0. The van der Waals surface area contributed by atoms with Crippen molar-refractivity contribution in [2.45, 2.75) is 31.0 Å². The van der Waals surface area contributed by atoms with Crippen LogP contribution in [0.2, 0.25) is 0 Å². The number of nitrogens with one attached hydrogen (secondary N) is 1. The van der Waals surface area contributed by atoms with Gasteiger partial charge in [0.25, 0.3) is 0 Å². The van der Waals surface area contributed by atoms with Crippen LogP contribution in [0.25, 0.3) is 11.2 Å². The summed E-state index contributed by atoms with van der Waals surface area (Å²) in [6.45, 7) is 0.908. The van der Waals surface area contributed by atoms with Gasteiger partial charge in [-0.3, -0.25) is 9.58 Å². The number of ether oxygens (including phenoxy) is 1. The molecular weight excluding hydrogens is 368 g/mol. The van der Waals surface area contributed by atoms with Crippen LogP contribution < -0.4 is 9.84 Å². The summed E-state index contributed by atoms with van der Waals surface area (Å²) in [5.74, 6) is 0.191. The number of imidazole rings is 1. The summed E-state index contributed by atoms with van der Waals surface area (Å²) in [5, 5.41) is 31.2. The van der Waals surface area contributed by atoms with Crippen LogP contribution in [0.15, 0.2) is 12.7 Å². The van der Waals surface area contributed by atoms with E-state index in [0.717, 1.165) is 6.26 Å². The third-order valence-corrected chi connectivity index (χ3v) is 4.75. The van der Waals surface area contributed by atoms with Gasteiger partial charge in [0.1, 0.15) is 24.1 Å². The lowest BCUT2D eigenvalue weighted by atomic mass is 9.96. The van der Waals surface area contributed by atoms with Gasteiger partial charge >= 0.3 is 0 Å². The Hall–Kier alpha value is -1.90. The van der Waals surface area contributed by atoms with E-state index in [1.807, 2.05) is 0 Å². The fourth-order valence-electron chi connectivity index (χ4n) is 2.94. The molecule has 1 aliphatic rings. The molecule has 2 unspecified atom stereocenters. The van der Waals surface area contributed by atoms with Crippen molar-refractivity contribution in [2.75, 3.05) is 24.9 Å². The molecule has 0 amide bonds. The summed E-state index contributed by atoms with van der Waals surface area (Å²) in [4.78, 5) is 14.6. The van der Waals surface area contributed by atoms with Gasteiger partial charge in [0, 0.05) is 7.05 Å². The standard InChI is InChI=1S/C13H20N6O6S/c1-13(22)9(21)7(4-20)25-12(13)19-6-16-8-10(14-5-15-11(8)19)18(2)17-26(3,23)24/h5-7,9,12,17,20-22H,4H2,1-3H3/t7-,9?,12-,13?/m1/s1. The molecule has 144 valence electrons. The molecule has 0 radical (unpaired) electrons. The van der Waals surface area contributed by atoms with E-state index in [1.54, 1.807) is 0 Å². The monoisotopic (exact) mass is 388 g/mol. The van der Waals surface area contributed by atoms with E-state index in [4.69, 9.17) is 4.74 Å². The molecule has 12 nitrogen and oxygen atoms in total. The van der Waals surface area contributed by atoms with Crippen LogP contribution in [0, 0.1) is 0 Å². The minimum absolute atomic E-state index is 0.191. The van der Waals surface area contributed by atoms with Crippen molar-refractivity contribution in [2.24, 2.45) is 0 Å². The van der Waals surface area contributed by atoms with E-state index < -0.39 is 40.7 Å². The number of aliphatic hydroxyl groups is 3. The van der Waals surface area contributed by atoms with Gasteiger partial charge in [-0.1, -0.05) is 0 Å². The number of fused-ring (bicyclic) bond motifs is 1. The Morgan fingerprint density at radius 1 is 1.42 bits per heavy atom. The van der Waals surface area contributed by atoms with Gasteiger partial charge in [-0.05, 0) is 6.92 Å². The van der Waals surface area contributed by atoms with Crippen molar-refractivity contribution < 1.29 is 28.5 Å². The molecule has 13 heteroatoms. The number of aromatic nitrogens is 4. The fourth-order valence-corrected chi connectivity index (χ4v) is 3.52. The maximum atomic E-state index is 11.4. The highest BCUT2D eigenvalue weighted by Crippen LogP contribution is 2.39. The molecule has 0 aliphatic carbocycles. The molecule has 0 spiro atoms. The molecule has 3 heterocycles. The topological polar surface area (TPSA) is 163 Å². The van der Waals surface area contributed by atoms with Gasteiger partial charge in [-0.2, -0.15) is 0 Å². The summed E-state index contributed by atoms with van der Waals surface area (Å²) in [6, 6.07) is 0. The normalized spacial score (nSPS) is 29.4. The first-order chi connectivity index (χ1) is 12.1. The zero-order valence-electron chi connectivity index (χ0n) is 14.3. The summed E-state index contributed by atoms with van der Waals surface area (Å²) in [7, 11) is -2.08. The highest BCUT2D eigenvalue weighted by atomic mass is 32.2. The zero-order valence-corrected chi connectivity index (χ0v) is 15.1. The van der Waals surface area contributed by atoms with Crippen LogP contribution in [0.5, 0.6) is 0 Å². The van der Waals surface area contributed by atoms with Gasteiger partial charge in [-0.25, -0.2) is 23.4 Å². The quantitative estimate of drug-likeness (QED) is 0.411. The number of hydrazine groups is 1. The molecule has 3 rings (SSSR count). The number of hydrogen-bond acceptors (Lipinski definition) is 10. The van der Waals surface area contributed by atoms with Crippen molar-refractivity contribution in [3.05, 3.63) is 12.7 Å². The largest absolute Gasteiger partial charge is 0.394 e. The first kappa shape index (κ1) is 18.9. The van der Waals surface area contributed by atoms with Gasteiger partial charge in [0.2, 0.25) is 10.0 Å². The van der Waals surface area contributed by atoms with Crippen LogP contribution in [0.3, 0.4) is 0 Å². The first-order valence-corrected chi connectivity index (χ1v) is 9.51. The molecule has 1 saturated heterocycles. The Morgan fingerprint density at radius 2 is 2.12 bits per heavy atom. The molecule has 0 aromatic carbocycles. The summed E-state index contributed by atoms with van der Waals surface area (Å²) < 4.78 is 29.8. The number of nitrogens with zero attached hydrogens (tertiary/aromatic N) is 5. The third kappa shape index (κ3) is 3.13. The number of rotatable bonds is 5. The van der Waals surface area contributed by atoms with Crippen LogP contribution in [-0.2, 0) is 14.8 Å². The van der Waals surface area contributed by atoms with Crippen molar-refractivity contribution >= 4 is 27.0 Å². The molecule has 0 saturated carbocycles. The number of hydrogen-bond donors (Lipinski definition) is 4. The molecular formula is C13H20N6O6S. The number of sulfonamides is 1. The molecule has 1 fully saturated rings. The van der Waals surface area contributed by atoms with E-state index in [1.165, 1.54) is 36.2 Å². The van der Waals surface area contributed by atoms with Crippen LogP contribution in [-0.4, -0.2) is 81.0 Å². The van der Waals surface area contributed by atoms with Crippen molar-refractivity contribution in [3.63, 3.8) is 0 Å². The Morgan fingerprint density at radius 3 is 2.69 bits per heavy atom. The minimum Gasteiger partial charge on any atom is -0.394 e. The second-order valence-corrected chi connectivity index (χ2v) is 8.05. The first-order valence-electron chi connectivity index (χ1n) is 7.61. The van der Waals surface area contributed by atoms with Crippen molar-refractivity contribution in [1.29, 1.82) is 0 Å². The highest BCUT2D eigenvalue weighted by Gasteiger charge is 2.53. The predicted octanol–water partition coefficient (Wildman–Crippen LogP) is -2.27. The van der Waals surface area contributed by atoms with E-state index >= 15 is 0 Å². The molecule has 4 N–H and O–H groups in total. The maximum Gasteiger partial charge on any atom is 0.225 e. The Labute approximate surface area is 149 Å². The molecule has 2 aromatic heterocycles. The van der Waals surface area contributed by atoms with E-state index in [0.29, 0.717) is 0 Å². The Kier molecular flexibility index (Phi) is 4.62. The molecule has 1 aliphatic heterocycles. The SMILES string of the molecule is CN(NS(C)(=O)=O)c1ncnc2c1ncn2[C@@H]1O[C@H](CO)C(O)C1(C)O. The smallest absolute Gasteiger partial charge is 0.225 e.